The molecule has 0 spiro atoms. The third kappa shape index (κ3) is 5.25. The Balaban J connectivity index is 2.03. The zero-order valence-electron chi connectivity index (χ0n) is 17.7. The van der Waals surface area contributed by atoms with E-state index in [1.54, 1.807) is 4.68 Å². The lowest BCUT2D eigenvalue weighted by molar-refractivity contribution is 0.0878. The van der Waals surface area contributed by atoms with E-state index in [1.807, 2.05) is 62.5 Å². The molecule has 0 aliphatic carbocycles. The third-order valence-corrected chi connectivity index (χ3v) is 5.10. The van der Waals surface area contributed by atoms with Gasteiger partial charge in [0, 0.05) is 31.7 Å². The second-order valence-corrected chi connectivity index (χ2v) is 7.62. The van der Waals surface area contributed by atoms with Gasteiger partial charge in [-0.15, -0.1) is 0 Å². The van der Waals surface area contributed by atoms with Crippen molar-refractivity contribution in [1.82, 2.24) is 14.7 Å². The van der Waals surface area contributed by atoms with Crippen LogP contribution in [0.3, 0.4) is 0 Å². The van der Waals surface area contributed by atoms with Crippen molar-refractivity contribution in [1.29, 1.82) is 0 Å². The molecular formula is C24H31N3O2. The molecule has 0 aliphatic rings. The molecule has 0 saturated heterocycles. The highest BCUT2D eigenvalue weighted by Gasteiger charge is 2.24. The van der Waals surface area contributed by atoms with Crippen molar-refractivity contribution in [2.45, 2.75) is 45.9 Å². The lowest BCUT2D eigenvalue weighted by Gasteiger charge is -2.28. The van der Waals surface area contributed by atoms with Crippen LogP contribution in [0.15, 0.2) is 60.7 Å². The summed E-state index contributed by atoms with van der Waals surface area (Å²) in [6.07, 6.45) is 0.377. The zero-order chi connectivity index (χ0) is 20.8. The van der Waals surface area contributed by atoms with Gasteiger partial charge in [-0.1, -0.05) is 55.5 Å². The van der Waals surface area contributed by atoms with Crippen molar-refractivity contribution in [2.75, 3.05) is 6.54 Å². The first kappa shape index (κ1) is 21.1. The lowest BCUT2D eigenvalue weighted by Crippen LogP contribution is -2.37. The van der Waals surface area contributed by atoms with Gasteiger partial charge in [-0.25, -0.2) is 4.68 Å². The smallest absolute Gasteiger partial charge is 0.222 e. The average molecular weight is 394 g/mol. The fourth-order valence-electron chi connectivity index (χ4n) is 3.31. The predicted molar refractivity (Wildman–Crippen MR) is 117 cm³/mol. The SMILES string of the molecule is CC[C@@H](O)CN(Cc1c(-c2ccccc2)nn(C)c1Oc1ccccc1)C(C)C. The van der Waals surface area contributed by atoms with Crippen LogP contribution in [0.5, 0.6) is 11.6 Å². The third-order valence-electron chi connectivity index (χ3n) is 5.10. The van der Waals surface area contributed by atoms with Gasteiger partial charge in [0.05, 0.1) is 11.7 Å². The van der Waals surface area contributed by atoms with Crippen LogP contribution < -0.4 is 4.74 Å². The minimum absolute atomic E-state index is 0.282. The van der Waals surface area contributed by atoms with Crippen LogP contribution in [0.2, 0.25) is 0 Å². The van der Waals surface area contributed by atoms with Crippen LogP contribution in [0.4, 0.5) is 0 Å². The van der Waals surface area contributed by atoms with Crippen molar-refractivity contribution < 1.29 is 9.84 Å². The molecule has 0 bridgehead atoms. The van der Waals surface area contributed by atoms with Gasteiger partial charge in [0.25, 0.3) is 0 Å². The summed E-state index contributed by atoms with van der Waals surface area (Å²) in [4.78, 5) is 2.27. The largest absolute Gasteiger partial charge is 0.439 e. The van der Waals surface area contributed by atoms with Crippen LogP contribution in [-0.2, 0) is 13.6 Å². The van der Waals surface area contributed by atoms with Crippen LogP contribution in [0.1, 0.15) is 32.8 Å². The molecule has 2 aromatic carbocycles. The standard InChI is InChI=1S/C24H31N3O2/c1-5-20(28)16-27(18(2)3)17-22-23(19-12-8-6-9-13-19)25-26(4)24(22)29-21-14-10-7-11-15-21/h6-15,18,20,28H,5,16-17H2,1-4H3/t20-/m1/s1. The minimum atomic E-state index is -0.354. The molecule has 0 radical (unpaired) electrons. The number of rotatable bonds is 9. The maximum Gasteiger partial charge on any atom is 0.222 e. The van der Waals surface area contributed by atoms with Gasteiger partial charge < -0.3 is 9.84 Å². The van der Waals surface area contributed by atoms with E-state index in [0.717, 1.165) is 34.9 Å². The molecular weight excluding hydrogens is 362 g/mol. The molecule has 3 aromatic rings. The Morgan fingerprint density at radius 3 is 2.24 bits per heavy atom. The van der Waals surface area contributed by atoms with Crippen molar-refractivity contribution in [3.05, 3.63) is 66.2 Å². The van der Waals surface area contributed by atoms with Crippen molar-refractivity contribution >= 4 is 0 Å². The number of aryl methyl sites for hydroxylation is 1. The summed E-state index contributed by atoms with van der Waals surface area (Å²) in [5.41, 5.74) is 3.00. The van der Waals surface area contributed by atoms with E-state index >= 15 is 0 Å². The number of nitrogens with zero attached hydrogens (tertiary/aromatic N) is 3. The van der Waals surface area contributed by atoms with Crippen molar-refractivity contribution in [3.63, 3.8) is 0 Å². The van der Waals surface area contributed by atoms with E-state index in [4.69, 9.17) is 9.84 Å². The second kappa shape index (κ2) is 9.72. The number of aliphatic hydroxyl groups is 1. The highest BCUT2D eigenvalue weighted by Crippen LogP contribution is 2.34. The molecule has 0 fully saturated rings. The van der Waals surface area contributed by atoms with E-state index in [9.17, 15) is 5.11 Å². The summed E-state index contributed by atoms with van der Waals surface area (Å²) in [6.45, 7) is 7.57. The fourth-order valence-corrected chi connectivity index (χ4v) is 3.31. The summed E-state index contributed by atoms with van der Waals surface area (Å²) in [5.74, 6) is 1.51. The number of hydrogen-bond donors (Lipinski definition) is 1. The summed E-state index contributed by atoms with van der Waals surface area (Å²) < 4.78 is 8.07. The molecule has 1 atom stereocenters. The van der Waals surface area contributed by atoms with Gasteiger partial charge in [0.2, 0.25) is 5.88 Å². The van der Waals surface area contributed by atoms with Crippen LogP contribution in [0.25, 0.3) is 11.3 Å². The summed E-state index contributed by atoms with van der Waals surface area (Å²) in [6, 6.07) is 20.2. The van der Waals surface area contributed by atoms with E-state index in [2.05, 4.69) is 30.9 Å². The van der Waals surface area contributed by atoms with Gasteiger partial charge in [0.15, 0.2) is 0 Å². The maximum atomic E-state index is 10.3. The molecule has 0 unspecified atom stereocenters. The predicted octanol–water partition coefficient (Wildman–Crippen LogP) is 4.86. The maximum absolute atomic E-state index is 10.3. The number of ether oxygens (including phenoxy) is 1. The fraction of sp³-hybridized carbons (Fsp3) is 0.375. The Hall–Kier alpha value is -2.63. The number of para-hydroxylation sites is 1. The summed E-state index contributed by atoms with van der Waals surface area (Å²) >= 11 is 0. The molecule has 0 saturated carbocycles. The normalized spacial score (nSPS) is 12.5. The van der Waals surface area contributed by atoms with E-state index < -0.39 is 0 Å². The van der Waals surface area contributed by atoms with Crippen molar-refractivity contribution in [2.24, 2.45) is 7.05 Å². The minimum Gasteiger partial charge on any atom is -0.439 e. The monoisotopic (exact) mass is 393 g/mol. The lowest BCUT2D eigenvalue weighted by atomic mass is 10.1. The number of hydrogen-bond acceptors (Lipinski definition) is 4. The van der Waals surface area contributed by atoms with Crippen LogP contribution >= 0.6 is 0 Å². The van der Waals surface area contributed by atoms with Gasteiger partial charge >= 0.3 is 0 Å². The first-order chi connectivity index (χ1) is 14.0. The number of benzene rings is 2. The van der Waals surface area contributed by atoms with Crippen molar-refractivity contribution in [3.8, 4) is 22.9 Å². The van der Waals surface area contributed by atoms with Gasteiger partial charge in [-0.2, -0.15) is 5.10 Å². The Morgan fingerprint density at radius 2 is 1.66 bits per heavy atom. The molecule has 1 N–H and O–H groups in total. The zero-order valence-corrected chi connectivity index (χ0v) is 17.7. The molecule has 1 aromatic heterocycles. The average Bonchev–Trinajstić information content (AvgIpc) is 3.04. The van der Waals surface area contributed by atoms with Gasteiger partial charge in [0.1, 0.15) is 11.4 Å². The summed E-state index contributed by atoms with van der Waals surface area (Å²) in [5, 5.41) is 15.0. The van der Waals surface area contributed by atoms with Gasteiger partial charge in [-0.05, 0) is 32.4 Å². The highest BCUT2D eigenvalue weighted by molar-refractivity contribution is 5.65. The van der Waals surface area contributed by atoms with E-state index in [-0.39, 0.29) is 12.1 Å². The van der Waals surface area contributed by atoms with E-state index in [0.29, 0.717) is 13.1 Å². The summed E-state index contributed by atoms with van der Waals surface area (Å²) in [7, 11) is 1.91. The Morgan fingerprint density at radius 1 is 1.03 bits per heavy atom. The molecule has 0 aliphatic heterocycles. The Kier molecular flexibility index (Phi) is 7.07. The molecule has 5 heteroatoms. The first-order valence-corrected chi connectivity index (χ1v) is 10.3. The quantitative estimate of drug-likeness (QED) is 0.564. The number of aliphatic hydroxyl groups excluding tert-OH is 1. The molecule has 5 nitrogen and oxygen atoms in total. The molecule has 3 rings (SSSR count). The number of aromatic nitrogens is 2. The first-order valence-electron chi connectivity index (χ1n) is 10.3. The molecule has 154 valence electrons. The highest BCUT2D eigenvalue weighted by atomic mass is 16.5. The van der Waals surface area contributed by atoms with E-state index in [1.165, 1.54) is 0 Å². The molecule has 1 heterocycles. The van der Waals surface area contributed by atoms with Crippen LogP contribution in [0, 0.1) is 0 Å². The van der Waals surface area contributed by atoms with Crippen LogP contribution in [-0.4, -0.2) is 38.5 Å². The Labute approximate surface area is 173 Å². The molecule has 29 heavy (non-hydrogen) atoms. The second-order valence-electron chi connectivity index (χ2n) is 7.62. The Bertz CT molecular complexity index is 891. The topological polar surface area (TPSA) is 50.5 Å². The molecule has 0 amide bonds. The van der Waals surface area contributed by atoms with Gasteiger partial charge in [-0.3, -0.25) is 4.90 Å².